The molecule has 4 heteroatoms. The Morgan fingerprint density at radius 2 is 2.67 bits per heavy atom. The zero-order valence-electron chi connectivity index (χ0n) is 5.42. The predicted octanol–water partition coefficient (Wildman–Crippen LogP) is -1.36. The fraction of sp³-hybridized carbons (Fsp3) is 0.800. The first-order chi connectivity index (χ1) is 4.34. The highest BCUT2D eigenvalue weighted by molar-refractivity contribution is 6.08. The van der Waals surface area contributed by atoms with Crippen LogP contribution < -0.4 is 0 Å². The van der Waals surface area contributed by atoms with E-state index in [0.29, 0.717) is 6.61 Å². The summed E-state index contributed by atoms with van der Waals surface area (Å²) in [4.78, 5) is 10.6. The highest BCUT2D eigenvalue weighted by Gasteiger charge is 2.26. The molecule has 3 nitrogen and oxygen atoms in total. The van der Waals surface area contributed by atoms with Gasteiger partial charge in [0.2, 0.25) is 0 Å². The Morgan fingerprint density at radius 1 is 1.89 bits per heavy atom. The zero-order chi connectivity index (χ0) is 6.69. The van der Waals surface area contributed by atoms with Gasteiger partial charge in [0.1, 0.15) is 0 Å². The van der Waals surface area contributed by atoms with Crippen LogP contribution in [-0.4, -0.2) is 35.2 Å². The summed E-state index contributed by atoms with van der Waals surface area (Å²) in [6, 6.07) is 0. The van der Waals surface area contributed by atoms with Gasteiger partial charge in [-0.15, -0.1) is 0 Å². The van der Waals surface area contributed by atoms with Crippen LogP contribution >= 0.6 is 0 Å². The Balaban J connectivity index is 2.31. The lowest BCUT2D eigenvalue weighted by Gasteiger charge is -2.02. The normalized spacial score (nSPS) is 26.7. The van der Waals surface area contributed by atoms with Crippen LogP contribution in [0.4, 0.5) is 0 Å². The van der Waals surface area contributed by atoms with Gasteiger partial charge in [-0.05, 0) is 0 Å². The average Bonchev–Trinajstić information content (AvgIpc) is 2.18. The highest BCUT2D eigenvalue weighted by Crippen LogP contribution is 2.08. The van der Waals surface area contributed by atoms with Gasteiger partial charge >= 0.3 is 5.97 Å². The highest BCUT2D eigenvalue weighted by atomic mass is 28.1. The second-order valence-corrected chi connectivity index (χ2v) is 2.48. The third-order valence-corrected chi connectivity index (χ3v) is 1.59. The molecule has 9 heavy (non-hydrogen) atoms. The number of esters is 1. The second-order valence-electron chi connectivity index (χ2n) is 1.90. The van der Waals surface area contributed by atoms with Crippen molar-refractivity contribution in [2.24, 2.45) is 0 Å². The Hall–Kier alpha value is -0.353. The van der Waals surface area contributed by atoms with Crippen molar-refractivity contribution in [2.45, 2.75) is 12.5 Å². The van der Waals surface area contributed by atoms with Gasteiger partial charge in [-0.3, -0.25) is 0 Å². The minimum atomic E-state index is -0.248. The van der Waals surface area contributed by atoms with Crippen LogP contribution in [0, 0.1) is 0 Å². The molecule has 0 amide bonds. The summed E-state index contributed by atoms with van der Waals surface area (Å²) in [5.74, 6) is -0.189. The van der Waals surface area contributed by atoms with Crippen molar-refractivity contribution in [1.29, 1.82) is 0 Å². The molecule has 1 atom stereocenters. The lowest BCUT2D eigenvalue weighted by Crippen LogP contribution is -2.18. The predicted molar refractivity (Wildman–Crippen MR) is 35.3 cm³/mol. The molecule has 0 aliphatic carbocycles. The molecular weight excluding hydrogens is 136 g/mol. The van der Waals surface area contributed by atoms with Gasteiger partial charge in [0.15, 0.2) is 6.10 Å². The standard InChI is InChI=1S/C5H10O3Si/c6-5-4(8-3-9)1-2-7-5/h4H,1-3H2,9H3. The van der Waals surface area contributed by atoms with E-state index < -0.39 is 0 Å². The second kappa shape index (κ2) is 2.98. The van der Waals surface area contributed by atoms with E-state index in [2.05, 4.69) is 4.74 Å². The largest absolute Gasteiger partial charge is 0.464 e. The molecule has 1 aliphatic rings. The SMILES string of the molecule is O=C1OCCC1OC[SiH3]. The number of ether oxygens (including phenoxy) is 2. The lowest BCUT2D eigenvalue weighted by molar-refractivity contribution is -0.146. The molecule has 0 aromatic carbocycles. The van der Waals surface area contributed by atoms with Gasteiger partial charge in [0.05, 0.1) is 6.61 Å². The van der Waals surface area contributed by atoms with Crippen molar-refractivity contribution >= 4 is 16.2 Å². The Bertz CT molecular complexity index is 115. The van der Waals surface area contributed by atoms with Crippen molar-refractivity contribution in [2.75, 3.05) is 12.8 Å². The summed E-state index contributed by atoms with van der Waals surface area (Å²) in [5.41, 5.74) is 0. The summed E-state index contributed by atoms with van der Waals surface area (Å²) in [6.45, 7) is 0.533. The molecule has 0 aromatic rings. The van der Waals surface area contributed by atoms with Crippen LogP contribution in [0.3, 0.4) is 0 Å². The molecule has 1 aliphatic heterocycles. The van der Waals surface area contributed by atoms with Crippen LogP contribution in [0.1, 0.15) is 6.42 Å². The minimum Gasteiger partial charge on any atom is -0.464 e. The number of hydrogen-bond donors (Lipinski definition) is 0. The molecule has 0 aromatic heterocycles. The Morgan fingerprint density at radius 3 is 3.11 bits per heavy atom. The number of carbonyl (C=O) groups excluding carboxylic acids is 1. The first kappa shape index (κ1) is 6.76. The summed E-state index contributed by atoms with van der Waals surface area (Å²) in [5, 5.41) is 0. The Labute approximate surface area is 56.8 Å². The quantitative estimate of drug-likeness (QED) is 0.356. The molecule has 0 spiro atoms. The van der Waals surface area contributed by atoms with Crippen molar-refractivity contribution in [1.82, 2.24) is 0 Å². The maximum atomic E-state index is 10.6. The van der Waals surface area contributed by atoms with Crippen LogP contribution in [-0.2, 0) is 14.3 Å². The first-order valence-corrected chi connectivity index (χ1v) is 4.54. The molecule has 1 fully saturated rings. The maximum Gasteiger partial charge on any atom is 0.335 e. The van der Waals surface area contributed by atoms with Gasteiger partial charge < -0.3 is 9.47 Å². The summed E-state index contributed by atoms with van der Waals surface area (Å²) < 4.78 is 9.77. The summed E-state index contributed by atoms with van der Waals surface area (Å²) in [6.07, 6.45) is 1.21. The van der Waals surface area contributed by atoms with E-state index in [9.17, 15) is 4.79 Å². The third-order valence-electron chi connectivity index (χ3n) is 1.26. The topological polar surface area (TPSA) is 35.5 Å². The van der Waals surface area contributed by atoms with Gasteiger partial charge in [0, 0.05) is 22.9 Å². The van der Waals surface area contributed by atoms with E-state index >= 15 is 0 Å². The summed E-state index contributed by atoms with van der Waals surface area (Å²) in [7, 11) is 0.985. The Kier molecular flexibility index (Phi) is 2.24. The summed E-state index contributed by atoms with van der Waals surface area (Å²) >= 11 is 0. The maximum absolute atomic E-state index is 10.6. The molecule has 0 bridgehead atoms. The van der Waals surface area contributed by atoms with E-state index in [1.54, 1.807) is 0 Å². The first-order valence-electron chi connectivity index (χ1n) is 3.13. The fourth-order valence-corrected chi connectivity index (χ4v) is 1.23. The van der Waals surface area contributed by atoms with Gasteiger partial charge in [-0.25, -0.2) is 4.79 Å². The van der Waals surface area contributed by atoms with Crippen molar-refractivity contribution < 1.29 is 14.3 Å². The van der Waals surface area contributed by atoms with E-state index in [-0.39, 0.29) is 12.1 Å². The zero-order valence-corrected chi connectivity index (χ0v) is 7.42. The van der Waals surface area contributed by atoms with Gasteiger partial charge in [0.25, 0.3) is 0 Å². The van der Waals surface area contributed by atoms with Crippen LogP contribution in [0.2, 0.25) is 0 Å². The molecule has 1 rings (SSSR count). The van der Waals surface area contributed by atoms with E-state index in [4.69, 9.17) is 4.74 Å². The molecule has 1 saturated heterocycles. The molecule has 0 N–H and O–H groups in total. The van der Waals surface area contributed by atoms with Crippen LogP contribution in [0.25, 0.3) is 0 Å². The monoisotopic (exact) mass is 146 g/mol. The number of hydrogen-bond acceptors (Lipinski definition) is 3. The van der Waals surface area contributed by atoms with Crippen molar-refractivity contribution in [3.05, 3.63) is 0 Å². The molecule has 0 saturated carbocycles. The molecule has 0 radical (unpaired) electrons. The van der Waals surface area contributed by atoms with E-state index in [1.807, 2.05) is 0 Å². The fourth-order valence-electron chi connectivity index (χ4n) is 0.830. The number of carbonyl (C=O) groups is 1. The van der Waals surface area contributed by atoms with Gasteiger partial charge in [-0.2, -0.15) is 0 Å². The number of rotatable bonds is 2. The minimum absolute atomic E-state index is 0.189. The van der Waals surface area contributed by atoms with Gasteiger partial charge in [-0.1, -0.05) is 0 Å². The van der Waals surface area contributed by atoms with Crippen LogP contribution in [0.5, 0.6) is 0 Å². The number of cyclic esters (lactones) is 1. The van der Waals surface area contributed by atoms with E-state index in [1.165, 1.54) is 0 Å². The van der Waals surface area contributed by atoms with Crippen LogP contribution in [0.15, 0.2) is 0 Å². The molecule has 52 valence electrons. The third kappa shape index (κ3) is 1.52. The van der Waals surface area contributed by atoms with Crippen molar-refractivity contribution in [3.63, 3.8) is 0 Å². The molecule has 1 heterocycles. The molecular formula is C5H10O3Si. The lowest BCUT2D eigenvalue weighted by atomic mass is 10.3. The smallest absolute Gasteiger partial charge is 0.335 e. The van der Waals surface area contributed by atoms with Crippen molar-refractivity contribution in [3.8, 4) is 0 Å². The average molecular weight is 146 g/mol. The van der Waals surface area contributed by atoms with E-state index in [0.717, 1.165) is 22.9 Å². The molecule has 1 unspecified atom stereocenters.